The summed E-state index contributed by atoms with van der Waals surface area (Å²) in [6, 6.07) is 0. The zero-order valence-corrected chi connectivity index (χ0v) is 9.05. The van der Waals surface area contributed by atoms with Crippen molar-refractivity contribution in [1.82, 2.24) is 4.98 Å². The second-order valence-corrected chi connectivity index (χ2v) is 3.48. The van der Waals surface area contributed by atoms with Crippen LogP contribution in [0.2, 0.25) is 10.2 Å². The van der Waals surface area contributed by atoms with E-state index in [4.69, 9.17) is 23.2 Å². The van der Waals surface area contributed by atoms with Crippen LogP contribution in [0.3, 0.4) is 0 Å². The maximum Gasteiger partial charge on any atom is 0.355 e. The lowest BCUT2D eigenvalue weighted by Crippen LogP contribution is -2.01. The number of esters is 1. The number of halogens is 3. The molecule has 1 aromatic heterocycles. The van der Waals surface area contributed by atoms with Crippen LogP contribution in [-0.4, -0.2) is 18.1 Å². The lowest BCUT2D eigenvalue weighted by atomic mass is 10.4. The Morgan fingerprint density at radius 2 is 2.17 bits per heavy atom. The van der Waals surface area contributed by atoms with Gasteiger partial charge in [0, 0.05) is 0 Å². The number of aromatic nitrogens is 1. The number of aromatic amines is 1. The molecule has 0 spiro atoms. The van der Waals surface area contributed by atoms with Crippen molar-refractivity contribution >= 4 is 45.1 Å². The highest BCUT2D eigenvalue weighted by Crippen LogP contribution is 2.33. The zero-order chi connectivity index (χ0) is 9.30. The molecule has 0 aromatic carbocycles. The summed E-state index contributed by atoms with van der Waals surface area (Å²) in [5, 5.41) is 0.487. The Morgan fingerprint density at radius 3 is 2.50 bits per heavy atom. The molecule has 3 nitrogen and oxygen atoms in total. The fourth-order valence-electron chi connectivity index (χ4n) is 0.668. The van der Waals surface area contributed by atoms with E-state index in [0.29, 0.717) is 4.47 Å². The maximum atomic E-state index is 11.0. The van der Waals surface area contributed by atoms with Crippen LogP contribution in [0.5, 0.6) is 0 Å². The molecule has 1 aromatic rings. The smallest absolute Gasteiger partial charge is 0.355 e. The first kappa shape index (κ1) is 9.89. The van der Waals surface area contributed by atoms with Crippen molar-refractivity contribution in [1.29, 1.82) is 0 Å². The Balaban J connectivity index is 3.17. The number of H-pyrrole nitrogens is 1. The standard InChI is InChI=1S/C6H4BrCl2NO2/c1-12-6(11)4-2(7)3(8)5(9)10-4/h10H,1H3. The molecule has 0 atom stereocenters. The molecule has 0 fully saturated rings. The molecule has 0 aliphatic carbocycles. The third-order valence-electron chi connectivity index (χ3n) is 1.23. The van der Waals surface area contributed by atoms with Gasteiger partial charge in [0.05, 0.1) is 16.6 Å². The van der Waals surface area contributed by atoms with Gasteiger partial charge in [0.15, 0.2) is 0 Å². The Hall–Kier alpha value is -0.190. The summed E-state index contributed by atoms with van der Waals surface area (Å²) in [6.45, 7) is 0. The Morgan fingerprint density at radius 1 is 1.58 bits per heavy atom. The third kappa shape index (κ3) is 1.60. The first-order chi connectivity index (χ1) is 5.57. The summed E-state index contributed by atoms with van der Waals surface area (Å²) in [7, 11) is 1.28. The molecule has 0 aliphatic heterocycles. The summed E-state index contributed by atoms with van der Waals surface area (Å²) >= 11 is 14.4. The molecular weight excluding hydrogens is 269 g/mol. The van der Waals surface area contributed by atoms with Gasteiger partial charge >= 0.3 is 5.97 Å². The Kier molecular flexibility index (Phi) is 3.04. The third-order valence-corrected chi connectivity index (χ3v) is 3.01. The molecule has 1 N–H and O–H groups in total. The van der Waals surface area contributed by atoms with Crippen molar-refractivity contribution in [3.63, 3.8) is 0 Å². The molecule has 0 saturated heterocycles. The van der Waals surface area contributed by atoms with Crippen LogP contribution in [0.25, 0.3) is 0 Å². The van der Waals surface area contributed by atoms with Crippen molar-refractivity contribution in [2.24, 2.45) is 0 Å². The second kappa shape index (κ2) is 3.68. The highest BCUT2D eigenvalue weighted by atomic mass is 79.9. The van der Waals surface area contributed by atoms with Gasteiger partial charge in [-0.25, -0.2) is 4.79 Å². The SMILES string of the molecule is COC(=O)c1[nH]c(Cl)c(Cl)c1Br. The molecule has 6 heteroatoms. The first-order valence-electron chi connectivity index (χ1n) is 2.88. The van der Waals surface area contributed by atoms with Gasteiger partial charge in [-0.05, 0) is 15.9 Å². The molecule has 0 radical (unpaired) electrons. The van der Waals surface area contributed by atoms with E-state index in [2.05, 4.69) is 25.7 Å². The van der Waals surface area contributed by atoms with E-state index in [-0.39, 0.29) is 15.9 Å². The average molecular weight is 273 g/mol. The highest BCUT2D eigenvalue weighted by molar-refractivity contribution is 9.10. The van der Waals surface area contributed by atoms with Crippen molar-refractivity contribution < 1.29 is 9.53 Å². The number of carbonyl (C=O) groups excluding carboxylic acids is 1. The summed E-state index contributed by atoms with van der Waals surface area (Å²) in [5.74, 6) is -0.518. The number of hydrogen-bond donors (Lipinski definition) is 1. The van der Waals surface area contributed by atoms with E-state index in [0.717, 1.165) is 0 Å². The van der Waals surface area contributed by atoms with Gasteiger partial charge in [-0.3, -0.25) is 0 Å². The van der Waals surface area contributed by atoms with E-state index in [1.54, 1.807) is 0 Å². The lowest BCUT2D eigenvalue weighted by molar-refractivity contribution is 0.0594. The van der Waals surface area contributed by atoms with Crippen LogP contribution in [0, 0.1) is 0 Å². The van der Waals surface area contributed by atoms with Crippen LogP contribution in [-0.2, 0) is 4.74 Å². The van der Waals surface area contributed by atoms with E-state index >= 15 is 0 Å². The number of carbonyl (C=O) groups is 1. The van der Waals surface area contributed by atoms with Crippen LogP contribution in [0.15, 0.2) is 4.47 Å². The van der Waals surface area contributed by atoms with Gasteiger partial charge < -0.3 is 9.72 Å². The van der Waals surface area contributed by atoms with E-state index in [9.17, 15) is 4.79 Å². The van der Waals surface area contributed by atoms with Gasteiger partial charge in [-0.15, -0.1) is 0 Å². The van der Waals surface area contributed by atoms with Gasteiger partial charge in [-0.1, -0.05) is 23.2 Å². The largest absolute Gasteiger partial charge is 0.464 e. The summed E-state index contributed by atoms with van der Waals surface area (Å²) < 4.78 is 4.89. The molecule has 12 heavy (non-hydrogen) atoms. The van der Waals surface area contributed by atoms with Crippen LogP contribution >= 0.6 is 39.1 Å². The summed E-state index contributed by atoms with van der Waals surface area (Å²) in [4.78, 5) is 13.6. The minimum Gasteiger partial charge on any atom is -0.464 e. The predicted octanol–water partition coefficient (Wildman–Crippen LogP) is 2.87. The number of methoxy groups -OCH3 is 1. The van der Waals surface area contributed by atoms with Gasteiger partial charge in [0.25, 0.3) is 0 Å². The topological polar surface area (TPSA) is 42.1 Å². The van der Waals surface area contributed by atoms with Crippen molar-refractivity contribution in [2.45, 2.75) is 0 Å². The predicted molar refractivity (Wildman–Crippen MR) is 49.9 cm³/mol. The minimum atomic E-state index is -0.518. The molecule has 0 unspecified atom stereocenters. The molecule has 66 valence electrons. The van der Waals surface area contributed by atoms with E-state index in [1.807, 2.05) is 0 Å². The van der Waals surface area contributed by atoms with Gasteiger partial charge in [0.1, 0.15) is 10.8 Å². The number of rotatable bonds is 1. The summed E-state index contributed by atoms with van der Waals surface area (Å²) in [6.07, 6.45) is 0. The first-order valence-corrected chi connectivity index (χ1v) is 4.43. The zero-order valence-electron chi connectivity index (χ0n) is 5.95. The molecule has 0 bridgehead atoms. The number of nitrogens with one attached hydrogen (secondary N) is 1. The molecule has 1 heterocycles. The monoisotopic (exact) mass is 271 g/mol. The van der Waals surface area contributed by atoms with Crippen molar-refractivity contribution in [2.75, 3.05) is 7.11 Å². The summed E-state index contributed by atoms with van der Waals surface area (Å²) in [5.41, 5.74) is 0.215. The fraction of sp³-hybridized carbons (Fsp3) is 0.167. The molecule has 0 saturated carbocycles. The quantitative estimate of drug-likeness (QED) is 0.799. The number of ether oxygens (including phenoxy) is 1. The molecule has 0 amide bonds. The van der Waals surface area contributed by atoms with Crippen molar-refractivity contribution in [3.05, 3.63) is 20.3 Å². The Labute approximate surface area is 87.1 Å². The van der Waals surface area contributed by atoms with Gasteiger partial charge in [0.2, 0.25) is 0 Å². The van der Waals surface area contributed by atoms with Gasteiger partial charge in [-0.2, -0.15) is 0 Å². The van der Waals surface area contributed by atoms with E-state index in [1.165, 1.54) is 7.11 Å². The van der Waals surface area contributed by atoms with E-state index < -0.39 is 5.97 Å². The Bertz CT molecular complexity index is 324. The molecular formula is C6H4BrCl2NO2. The van der Waals surface area contributed by atoms with Crippen LogP contribution in [0.1, 0.15) is 10.5 Å². The fourth-order valence-corrected chi connectivity index (χ4v) is 1.57. The normalized spacial score (nSPS) is 10.0. The molecule has 1 rings (SSSR count). The lowest BCUT2D eigenvalue weighted by Gasteiger charge is -1.94. The maximum absolute atomic E-state index is 11.0. The number of hydrogen-bond acceptors (Lipinski definition) is 2. The minimum absolute atomic E-state index is 0.212. The second-order valence-electron chi connectivity index (χ2n) is 1.93. The van der Waals surface area contributed by atoms with Crippen LogP contribution < -0.4 is 0 Å². The molecule has 0 aliphatic rings. The average Bonchev–Trinajstić information content (AvgIpc) is 2.32. The van der Waals surface area contributed by atoms with Crippen molar-refractivity contribution in [3.8, 4) is 0 Å². The van der Waals surface area contributed by atoms with Crippen LogP contribution in [0.4, 0.5) is 0 Å². The highest BCUT2D eigenvalue weighted by Gasteiger charge is 2.18.